The fraction of sp³-hybridized carbons (Fsp3) is 0.438. The first-order chi connectivity index (χ1) is 10.3. The van der Waals surface area contributed by atoms with Crippen molar-refractivity contribution in [1.82, 2.24) is 5.32 Å². The van der Waals surface area contributed by atoms with Gasteiger partial charge in [-0.25, -0.2) is 0 Å². The van der Waals surface area contributed by atoms with Gasteiger partial charge in [-0.15, -0.1) is 0 Å². The van der Waals surface area contributed by atoms with Crippen LogP contribution in [-0.2, 0) is 9.59 Å². The summed E-state index contributed by atoms with van der Waals surface area (Å²) >= 11 is 0. The lowest BCUT2D eigenvalue weighted by atomic mass is 10.1. The molecule has 6 nitrogen and oxygen atoms in total. The Balaban J connectivity index is 1.90. The molecular formula is C16H19NO5. The minimum atomic E-state index is -0.879. The fourth-order valence-electron chi connectivity index (χ4n) is 2.06. The Hall–Kier alpha value is -2.37. The molecule has 1 atom stereocenters. The molecule has 22 heavy (non-hydrogen) atoms. The van der Waals surface area contributed by atoms with Gasteiger partial charge in [0.05, 0.1) is 5.41 Å². The maximum atomic E-state index is 12.0. The zero-order chi connectivity index (χ0) is 16.3. The predicted octanol–water partition coefficient (Wildman–Crippen LogP) is 1.64. The number of Topliss-reactive ketones (excluding diaryl/α,β-unsaturated/α-hetero) is 1. The van der Waals surface area contributed by atoms with Crippen LogP contribution in [0.4, 0.5) is 0 Å². The number of ketones is 1. The second-order valence-electron chi connectivity index (χ2n) is 5.65. The summed E-state index contributed by atoms with van der Waals surface area (Å²) in [5.74, 6) is -0.911. The number of carboxylic acid groups (broad SMARTS) is 1. The summed E-state index contributed by atoms with van der Waals surface area (Å²) in [5.41, 5.74) is -0.294. The Bertz CT molecular complexity index is 606. The number of rotatable bonds is 7. The molecule has 1 unspecified atom stereocenters. The second kappa shape index (κ2) is 6.17. The van der Waals surface area contributed by atoms with Crippen LogP contribution in [0.5, 0.6) is 5.75 Å². The first-order valence-corrected chi connectivity index (χ1v) is 7.13. The van der Waals surface area contributed by atoms with Crippen molar-refractivity contribution in [3.63, 3.8) is 0 Å². The Morgan fingerprint density at radius 2 is 2.05 bits per heavy atom. The third kappa shape index (κ3) is 3.63. The van der Waals surface area contributed by atoms with Gasteiger partial charge in [-0.05, 0) is 38.8 Å². The molecular weight excluding hydrogens is 286 g/mol. The number of benzene rings is 1. The lowest BCUT2D eigenvalue weighted by Gasteiger charge is -2.17. The highest BCUT2D eigenvalue weighted by Crippen LogP contribution is 2.45. The number of amides is 1. The molecule has 1 aliphatic carbocycles. The van der Waals surface area contributed by atoms with Crippen molar-refractivity contribution >= 4 is 17.7 Å². The molecule has 118 valence electrons. The third-order valence-electron chi connectivity index (χ3n) is 3.83. The van der Waals surface area contributed by atoms with Crippen molar-refractivity contribution in [3.8, 4) is 5.75 Å². The average Bonchev–Trinajstić information content (AvgIpc) is 3.26. The van der Waals surface area contributed by atoms with E-state index in [9.17, 15) is 14.4 Å². The third-order valence-corrected chi connectivity index (χ3v) is 3.83. The molecule has 1 amide bonds. The standard InChI is InChI=1S/C16H19NO5/c1-10(18)12-4-3-5-13(8-12)22-11(2)14(19)17-9-16(6-7-16)15(20)21/h3-5,8,11H,6-7,9H2,1-2H3,(H,17,19)(H,20,21). The highest BCUT2D eigenvalue weighted by molar-refractivity contribution is 5.94. The summed E-state index contributed by atoms with van der Waals surface area (Å²) in [6.45, 7) is 3.15. The maximum Gasteiger partial charge on any atom is 0.311 e. The molecule has 1 aromatic rings. The van der Waals surface area contributed by atoms with Gasteiger partial charge in [0.1, 0.15) is 5.75 Å². The molecule has 0 bridgehead atoms. The molecule has 1 aliphatic rings. The molecule has 0 spiro atoms. The van der Waals surface area contributed by atoms with Crippen molar-refractivity contribution in [2.24, 2.45) is 5.41 Å². The molecule has 1 saturated carbocycles. The van der Waals surface area contributed by atoms with E-state index in [1.54, 1.807) is 31.2 Å². The number of carboxylic acids is 1. The Kier molecular flexibility index (Phi) is 4.49. The Labute approximate surface area is 128 Å². The molecule has 2 rings (SSSR count). The van der Waals surface area contributed by atoms with Gasteiger partial charge in [0.15, 0.2) is 11.9 Å². The maximum absolute atomic E-state index is 12.0. The molecule has 0 aliphatic heterocycles. The van der Waals surface area contributed by atoms with Crippen LogP contribution in [0, 0.1) is 5.41 Å². The summed E-state index contributed by atoms with van der Waals surface area (Å²) in [7, 11) is 0. The van der Waals surface area contributed by atoms with Gasteiger partial charge in [0.2, 0.25) is 0 Å². The van der Waals surface area contributed by atoms with E-state index in [4.69, 9.17) is 9.84 Å². The Morgan fingerprint density at radius 3 is 2.59 bits per heavy atom. The van der Waals surface area contributed by atoms with E-state index < -0.39 is 17.5 Å². The number of carbonyl (C=O) groups excluding carboxylic acids is 2. The van der Waals surface area contributed by atoms with Gasteiger partial charge in [0.25, 0.3) is 5.91 Å². The minimum absolute atomic E-state index is 0.0836. The van der Waals surface area contributed by atoms with E-state index >= 15 is 0 Å². The number of ether oxygens (including phenoxy) is 1. The highest BCUT2D eigenvalue weighted by Gasteiger charge is 2.50. The number of hydrogen-bond donors (Lipinski definition) is 2. The SMILES string of the molecule is CC(=O)c1cccc(OC(C)C(=O)NCC2(C(=O)O)CC2)c1. The van der Waals surface area contributed by atoms with E-state index in [0.717, 1.165) is 0 Å². The van der Waals surface area contributed by atoms with E-state index in [1.807, 2.05) is 0 Å². The smallest absolute Gasteiger partial charge is 0.311 e. The first kappa shape index (κ1) is 16.0. The van der Waals surface area contributed by atoms with Crippen LogP contribution in [0.1, 0.15) is 37.0 Å². The van der Waals surface area contributed by atoms with Gasteiger partial charge < -0.3 is 15.2 Å². The van der Waals surface area contributed by atoms with Crippen molar-refractivity contribution in [3.05, 3.63) is 29.8 Å². The molecule has 1 aromatic carbocycles. The first-order valence-electron chi connectivity index (χ1n) is 7.13. The molecule has 0 aromatic heterocycles. The molecule has 1 fully saturated rings. The van der Waals surface area contributed by atoms with E-state index in [-0.39, 0.29) is 18.2 Å². The summed E-state index contributed by atoms with van der Waals surface area (Å²) in [4.78, 5) is 34.3. The predicted molar refractivity (Wildman–Crippen MR) is 78.8 cm³/mol. The number of nitrogens with one attached hydrogen (secondary N) is 1. The molecule has 0 saturated heterocycles. The van der Waals surface area contributed by atoms with E-state index in [0.29, 0.717) is 24.2 Å². The molecule has 0 radical (unpaired) electrons. The topological polar surface area (TPSA) is 92.7 Å². The van der Waals surface area contributed by atoms with Crippen LogP contribution in [0.3, 0.4) is 0 Å². The monoisotopic (exact) mass is 305 g/mol. The van der Waals surface area contributed by atoms with Gasteiger partial charge in [-0.1, -0.05) is 12.1 Å². The largest absolute Gasteiger partial charge is 0.481 e. The lowest BCUT2D eigenvalue weighted by molar-refractivity contribution is -0.143. The highest BCUT2D eigenvalue weighted by atomic mass is 16.5. The van der Waals surface area contributed by atoms with Crippen LogP contribution in [-0.4, -0.2) is 35.4 Å². The van der Waals surface area contributed by atoms with Crippen molar-refractivity contribution in [2.45, 2.75) is 32.8 Å². The average molecular weight is 305 g/mol. The number of aliphatic carboxylic acids is 1. The minimum Gasteiger partial charge on any atom is -0.481 e. The van der Waals surface area contributed by atoms with Crippen molar-refractivity contribution < 1.29 is 24.2 Å². The van der Waals surface area contributed by atoms with Gasteiger partial charge in [0, 0.05) is 12.1 Å². The number of hydrogen-bond acceptors (Lipinski definition) is 4. The van der Waals surface area contributed by atoms with Crippen LogP contribution in [0.15, 0.2) is 24.3 Å². The summed E-state index contributed by atoms with van der Waals surface area (Å²) in [5, 5.41) is 11.7. The van der Waals surface area contributed by atoms with Crippen molar-refractivity contribution in [2.75, 3.05) is 6.54 Å². The number of carbonyl (C=O) groups is 3. The van der Waals surface area contributed by atoms with Gasteiger partial charge in [-0.3, -0.25) is 14.4 Å². The molecule has 6 heteroatoms. The Morgan fingerprint density at radius 1 is 1.36 bits per heavy atom. The fourth-order valence-corrected chi connectivity index (χ4v) is 2.06. The van der Waals surface area contributed by atoms with Gasteiger partial charge in [-0.2, -0.15) is 0 Å². The van der Waals surface area contributed by atoms with Crippen LogP contribution in [0.2, 0.25) is 0 Å². The summed E-state index contributed by atoms with van der Waals surface area (Å²) in [6.07, 6.45) is 0.392. The van der Waals surface area contributed by atoms with Crippen LogP contribution >= 0.6 is 0 Å². The van der Waals surface area contributed by atoms with Crippen molar-refractivity contribution in [1.29, 1.82) is 0 Å². The zero-order valence-electron chi connectivity index (χ0n) is 12.6. The van der Waals surface area contributed by atoms with E-state index in [1.165, 1.54) is 6.92 Å². The summed E-state index contributed by atoms with van der Waals surface area (Å²) < 4.78 is 5.50. The second-order valence-corrected chi connectivity index (χ2v) is 5.65. The zero-order valence-corrected chi connectivity index (χ0v) is 12.6. The van der Waals surface area contributed by atoms with E-state index in [2.05, 4.69) is 5.32 Å². The normalized spacial score (nSPS) is 16.5. The molecule has 2 N–H and O–H groups in total. The lowest BCUT2D eigenvalue weighted by Crippen LogP contribution is -2.41. The van der Waals surface area contributed by atoms with Gasteiger partial charge >= 0.3 is 5.97 Å². The van der Waals surface area contributed by atoms with Crippen LogP contribution in [0.25, 0.3) is 0 Å². The quantitative estimate of drug-likeness (QED) is 0.747. The molecule has 0 heterocycles. The summed E-state index contributed by atoms with van der Waals surface area (Å²) in [6, 6.07) is 6.59. The van der Waals surface area contributed by atoms with Crippen LogP contribution < -0.4 is 10.1 Å².